The summed E-state index contributed by atoms with van der Waals surface area (Å²) < 4.78 is 5.43. The summed E-state index contributed by atoms with van der Waals surface area (Å²) in [5, 5.41) is 11.0. The molecule has 1 N–H and O–H groups in total. The maximum Gasteiger partial charge on any atom is 0.338 e. The van der Waals surface area contributed by atoms with Gasteiger partial charge in [-0.2, -0.15) is 0 Å². The van der Waals surface area contributed by atoms with Crippen molar-refractivity contribution >= 4 is 46.9 Å². The lowest BCUT2D eigenvalue weighted by atomic mass is 9.92. The van der Waals surface area contributed by atoms with Crippen LogP contribution < -0.4 is 0 Å². The van der Waals surface area contributed by atoms with Crippen LogP contribution in [0.1, 0.15) is 66.9 Å². The highest BCUT2D eigenvalue weighted by Gasteiger charge is 2.46. The smallest absolute Gasteiger partial charge is 0.338 e. The number of carbonyl (C=O) groups is 5. The van der Waals surface area contributed by atoms with Crippen LogP contribution in [0.2, 0.25) is 0 Å². The lowest BCUT2D eigenvalue weighted by Gasteiger charge is -2.46. The second kappa shape index (κ2) is 11.0. The number of nitrogens with zero attached hydrogens (tertiary/aromatic N) is 4. The molecule has 0 spiro atoms. The number of rotatable bonds is 7. The number of hydrogen-bond acceptors (Lipinski definition) is 8. The lowest BCUT2D eigenvalue weighted by Crippen LogP contribution is -2.57. The molecule has 3 aromatic rings. The van der Waals surface area contributed by atoms with Gasteiger partial charge >= 0.3 is 5.97 Å². The van der Waals surface area contributed by atoms with E-state index in [9.17, 15) is 29.1 Å². The molecule has 1 unspecified atom stereocenters. The van der Waals surface area contributed by atoms with E-state index in [1.165, 1.54) is 15.9 Å². The number of phenols is 1. The molecular weight excluding hydrogens is 584 g/mol. The Labute approximate surface area is 257 Å². The number of thiocarbonyl (C=S) groups is 1. The molecule has 3 heterocycles. The van der Waals surface area contributed by atoms with Gasteiger partial charge in [-0.1, -0.05) is 42.5 Å². The zero-order chi connectivity index (χ0) is 31.3. The van der Waals surface area contributed by atoms with Crippen LogP contribution in [-0.4, -0.2) is 79.4 Å². The summed E-state index contributed by atoms with van der Waals surface area (Å²) in [6, 6.07) is 18.1. The molecule has 0 fully saturated rings. The van der Waals surface area contributed by atoms with Gasteiger partial charge in [0.2, 0.25) is 0 Å². The maximum absolute atomic E-state index is 13.6. The van der Waals surface area contributed by atoms with E-state index >= 15 is 0 Å². The molecule has 1 atom stereocenters. The van der Waals surface area contributed by atoms with E-state index in [1.54, 1.807) is 80.6 Å². The fraction of sp³-hybridized carbons (Fsp3) is 0.188. The molecule has 44 heavy (non-hydrogen) atoms. The number of carbonyl (C=O) groups excluding carboxylic acids is 5. The summed E-state index contributed by atoms with van der Waals surface area (Å²) in [5.41, 5.74) is 1.52. The van der Waals surface area contributed by atoms with Gasteiger partial charge in [-0.25, -0.2) is 4.79 Å². The third-order valence-corrected chi connectivity index (χ3v) is 8.37. The van der Waals surface area contributed by atoms with Crippen molar-refractivity contribution < 1.29 is 33.8 Å². The van der Waals surface area contributed by atoms with E-state index in [-0.39, 0.29) is 63.2 Å². The number of phenolic OH excluding ortho intramolecular Hbond substituents is 1. The highest BCUT2D eigenvalue weighted by molar-refractivity contribution is 7.80. The summed E-state index contributed by atoms with van der Waals surface area (Å²) in [7, 11) is 0. The molecule has 0 saturated heterocycles. The first-order valence-electron chi connectivity index (χ1n) is 13.8. The van der Waals surface area contributed by atoms with Crippen LogP contribution in [0.25, 0.3) is 0 Å². The maximum atomic E-state index is 13.6. The molecule has 3 aliphatic heterocycles. The highest BCUT2D eigenvalue weighted by Crippen LogP contribution is 2.42. The van der Waals surface area contributed by atoms with Crippen molar-refractivity contribution in [3.63, 3.8) is 0 Å². The molecule has 11 nitrogen and oxygen atoms in total. The first-order valence-corrected chi connectivity index (χ1v) is 14.2. The van der Waals surface area contributed by atoms with E-state index in [4.69, 9.17) is 17.0 Å². The first-order chi connectivity index (χ1) is 21.1. The van der Waals surface area contributed by atoms with Gasteiger partial charge in [0.15, 0.2) is 5.11 Å². The number of aromatic hydroxyl groups is 1. The molecule has 0 aliphatic carbocycles. The monoisotopic (exact) mass is 610 g/mol. The number of amides is 4. The first kappa shape index (κ1) is 28.7. The Balaban J connectivity index is 1.47. The molecule has 0 aromatic heterocycles. The SMILES string of the molecule is CCOC(=O)C1=C(C)N(CN2C(=O)c3ccccc3C2=O)C(=S)N(CN2C(=O)c3ccccc3C2=O)C1c1ccccc1O. The summed E-state index contributed by atoms with van der Waals surface area (Å²) in [4.78, 5) is 72.0. The zero-order valence-electron chi connectivity index (χ0n) is 23.7. The van der Waals surface area contributed by atoms with Gasteiger partial charge < -0.3 is 19.6 Å². The second-order valence-corrected chi connectivity index (χ2v) is 10.7. The minimum atomic E-state index is -1.09. The number of benzene rings is 3. The fourth-order valence-corrected chi connectivity index (χ4v) is 6.11. The highest BCUT2D eigenvalue weighted by atomic mass is 32.1. The number of esters is 1. The Hall–Kier alpha value is -5.36. The number of allylic oxidation sites excluding steroid dienone is 1. The Morgan fingerprint density at radius 2 is 1.20 bits per heavy atom. The predicted molar refractivity (Wildman–Crippen MR) is 160 cm³/mol. The topological polar surface area (TPSA) is 128 Å². The minimum absolute atomic E-state index is 0.0110. The van der Waals surface area contributed by atoms with Crippen molar-refractivity contribution in [3.8, 4) is 5.75 Å². The van der Waals surface area contributed by atoms with E-state index in [2.05, 4.69) is 0 Å². The number of para-hydroxylation sites is 1. The molecule has 0 bridgehead atoms. The molecule has 3 aromatic carbocycles. The standard InChI is InChI=1S/C32H26N4O7S/c1-3-43-31(42)25-18(2)33(16-35-27(38)19-10-4-5-11-20(19)28(35)39)32(44)34(26(25)23-14-8-9-15-24(23)37)17-36-29(40)21-12-6-7-13-22(21)30(36)41/h4-15,26,37H,3,16-17H2,1-2H3. The van der Waals surface area contributed by atoms with Crippen molar-refractivity contribution in [3.05, 3.63) is 112 Å². The van der Waals surface area contributed by atoms with Gasteiger partial charge in [-0.3, -0.25) is 29.0 Å². The minimum Gasteiger partial charge on any atom is -0.508 e. The predicted octanol–water partition coefficient (Wildman–Crippen LogP) is 3.68. The van der Waals surface area contributed by atoms with Crippen LogP contribution in [0.4, 0.5) is 0 Å². The third-order valence-electron chi connectivity index (χ3n) is 7.92. The largest absolute Gasteiger partial charge is 0.508 e. The van der Waals surface area contributed by atoms with Gasteiger partial charge in [0.25, 0.3) is 23.6 Å². The van der Waals surface area contributed by atoms with Crippen LogP contribution >= 0.6 is 12.2 Å². The summed E-state index contributed by atoms with van der Waals surface area (Å²) in [6.07, 6.45) is 0. The van der Waals surface area contributed by atoms with Crippen LogP contribution in [-0.2, 0) is 9.53 Å². The van der Waals surface area contributed by atoms with Crippen molar-refractivity contribution in [2.75, 3.05) is 19.9 Å². The van der Waals surface area contributed by atoms with Gasteiger partial charge in [-0.05, 0) is 56.4 Å². The van der Waals surface area contributed by atoms with Gasteiger partial charge in [0.05, 0.1) is 40.5 Å². The third kappa shape index (κ3) is 4.42. The zero-order valence-corrected chi connectivity index (χ0v) is 24.5. The number of hydrogen-bond donors (Lipinski definition) is 1. The molecular formula is C32H26N4O7S. The number of imide groups is 2. The molecule has 0 radical (unpaired) electrons. The molecule has 3 aliphatic rings. The van der Waals surface area contributed by atoms with Crippen LogP contribution in [0.3, 0.4) is 0 Å². The van der Waals surface area contributed by atoms with Gasteiger partial charge in [0.1, 0.15) is 19.1 Å². The van der Waals surface area contributed by atoms with Crippen LogP contribution in [0, 0.1) is 0 Å². The summed E-state index contributed by atoms with van der Waals surface area (Å²) >= 11 is 5.93. The molecule has 12 heteroatoms. The van der Waals surface area contributed by atoms with Crippen LogP contribution in [0.5, 0.6) is 5.75 Å². The fourth-order valence-electron chi connectivity index (χ4n) is 5.76. The average molecular weight is 611 g/mol. The lowest BCUT2D eigenvalue weighted by molar-refractivity contribution is -0.139. The van der Waals surface area contributed by atoms with Crippen molar-refractivity contribution in [2.24, 2.45) is 0 Å². The van der Waals surface area contributed by atoms with E-state index < -0.39 is 42.3 Å². The van der Waals surface area contributed by atoms with Crippen molar-refractivity contribution in [2.45, 2.75) is 19.9 Å². The Bertz CT molecular complexity index is 1750. The van der Waals surface area contributed by atoms with Crippen molar-refractivity contribution in [1.82, 2.24) is 19.6 Å². The van der Waals surface area contributed by atoms with Crippen LogP contribution in [0.15, 0.2) is 84.1 Å². The average Bonchev–Trinajstić information content (AvgIpc) is 3.41. The van der Waals surface area contributed by atoms with E-state index in [0.717, 1.165) is 9.80 Å². The quantitative estimate of drug-likeness (QED) is 0.240. The number of ether oxygens (including phenoxy) is 1. The van der Waals surface area contributed by atoms with E-state index in [1.807, 2.05) is 0 Å². The molecule has 222 valence electrons. The Morgan fingerprint density at radius 3 is 1.68 bits per heavy atom. The molecule has 6 rings (SSSR count). The Morgan fingerprint density at radius 1 is 0.750 bits per heavy atom. The molecule has 4 amide bonds. The number of fused-ring (bicyclic) bond motifs is 2. The van der Waals surface area contributed by atoms with Gasteiger partial charge in [-0.15, -0.1) is 0 Å². The Kier molecular flexibility index (Phi) is 7.22. The van der Waals surface area contributed by atoms with Gasteiger partial charge in [0, 0.05) is 11.3 Å². The summed E-state index contributed by atoms with van der Waals surface area (Å²) in [6.45, 7) is 2.52. The summed E-state index contributed by atoms with van der Waals surface area (Å²) in [5.74, 6) is -3.07. The van der Waals surface area contributed by atoms with Crippen molar-refractivity contribution in [1.29, 1.82) is 0 Å². The second-order valence-electron chi connectivity index (χ2n) is 10.3. The van der Waals surface area contributed by atoms with E-state index in [0.29, 0.717) is 0 Å². The molecule has 0 saturated carbocycles. The normalized spacial score (nSPS) is 18.0.